The molecule has 94 valence electrons. The molecular formula is C16H18O2. The van der Waals surface area contributed by atoms with E-state index in [0.717, 1.165) is 16.9 Å². The highest BCUT2D eigenvalue weighted by Gasteiger charge is 2.01. The zero-order valence-corrected chi connectivity index (χ0v) is 10.8. The van der Waals surface area contributed by atoms with E-state index in [0.29, 0.717) is 6.61 Å². The van der Waals surface area contributed by atoms with Gasteiger partial charge in [0, 0.05) is 0 Å². The monoisotopic (exact) mass is 242 g/mol. The molecule has 2 heteroatoms. The van der Waals surface area contributed by atoms with E-state index in [1.54, 1.807) is 6.92 Å². The maximum absolute atomic E-state index is 9.41. The molecule has 18 heavy (non-hydrogen) atoms. The summed E-state index contributed by atoms with van der Waals surface area (Å²) < 4.78 is 5.70. The van der Waals surface area contributed by atoms with E-state index < -0.39 is 6.10 Å². The lowest BCUT2D eigenvalue weighted by atomic mass is 10.1. The number of benzene rings is 2. The van der Waals surface area contributed by atoms with Gasteiger partial charge in [0.1, 0.15) is 12.4 Å². The van der Waals surface area contributed by atoms with E-state index in [1.807, 2.05) is 30.3 Å². The number of rotatable bonds is 4. The van der Waals surface area contributed by atoms with Crippen LogP contribution in [-0.4, -0.2) is 5.11 Å². The molecule has 1 atom stereocenters. The first-order valence-electron chi connectivity index (χ1n) is 6.11. The van der Waals surface area contributed by atoms with Gasteiger partial charge in [0.25, 0.3) is 0 Å². The van der Waals surface area contributed by atoms with Gasteiger partial charge >= 0.3 is 0 Å². The van der Waals surface area contributed by atoms with Crippen molar-refractivity contribution in [3.8, 4) is 5.75 Å². The van der Waals surface area contributed by atoms with Crippen molar-refractivity contribution >= 4 is 0 Å². The van der Waals surface area contributed by atoms with Crippen LogP contribution in [0.5, 0.6) is 5.75 Å². The van der Waals surface area contributed by atoms with Crippen LogP contribution in [0, 0.1) is 6.92 Å². The zero-order chi connectivity index (χ0) is 13.0. The number of aliphatic hydroxyl groups is 1. The third-order valence-corrected chi connectivity index (χ3v) is 2.85. The summed E-state index contributed by atoms with van der Waals surface area (Å²) in [5.41, 5.74) is 3.30. The van der Waals surface area contributed by atoms with E-state index in [2.05, 4.69) is 25.1 Å². The van der Waals surface area contributed by atoms with Crippen molar-refractivity contribution in [1.82, 2.24) is 0 Å². The van der Waals surface area contributed by atoms with Crippen molar-refractivity contribution in [3.05, 3.63) is 65.2 Å². The summed E-state index contributed by atoms with van der Waals surface area (Å²) in [6.45, 7) is 4.39. The largest absolute Gasteiger partial charge is 0.489 e. The molecule has 0 fully saturated rings. The van der Waals surface area contributed by atoms with Gasteiger partial charge < -0.3 is 9.84 Å². The Hall–Kier alpha value is -1.80. The first kappa shape index (κ1) is 12.7. The second-order valence-corrected chi connectivity index (χ2v) is 4.52. The molecular weight excluding hydrogens is 224 g/mol. The van der Waals surface area contributed by atoms with Crippen LogP contribution in [-0.2, 0) is 6.61 Å². The molecule has 2 aromatic rings. The molecule has 0 aromatic heterocycles. The molecule has 2 nitrogen and oxygen atoms in total. The summed E-state index contributed by atoms with van der Waals surface area (Å²) in [4.78, 5) is 0. The van der Waals surface area contributed by atoms with Crippen LogP contribution in [0.15, 0.2) is 48.5 Å². The van der Waals surface area contributed by atoms with Gasteiger partial charge in [-0.3, -0.25) is 0 Å². The third-order valence-electron chi connectivity index (χ3n) is 2.85. The number of aliphatic hydroxyl groups excluding tert-OH is 1. The molecule has 0 amide bonds. The highest BCUT2D eigenvalue weighted by molar-refractivity contribution is 5.29. The Morgan fingerprint density at radius 3 is 2.44 bits per heavy atom. The molecule has 0 aliphatic heterocycles. The summed E-state index contributed by atoms with van der Waals surface area (Å²) in [5.74, 6) is 0.820. The highest BCUT2D eigenvalue weighted by atomic mass is 16.5. The smallest absolute Gasteiger partial charge is 0.119 e. The van der Waals surface area contributed by atoms with Crippen molar-refractivity contribution in [2.45, 2.75) is 26.6 Å². The molecule has 0 aliphatic rings. The van der Waals surface area contributed by atoms with Crippen molar-refractivity contribution in [2.75, 3.05) is 0 Å². The lowest BCUT2D eigenvalue weighted by molar-refractivity contribution is 0.199. The van der Waals surface area contributed by atoms with Crippen LogP contribution in [0.1, 0.15) is 29.7 Å². The number of hydrogen-bond donors (Lipinski definition) is 1. The molecule has 1 N–H and O–H groups in total. The molecule has 0 unspecified atom stereocenters. The lowest BCUT2D eigenvalue weighted by Crippen LogP contribution is -1.96. The molecule has 0 spiro atoms. The molecule has 0 radical (unpaired) electrons. The Kier molecular flexibility index (Phi) is 4.00. The highest BCUT2D eigenvalue weighted by Crippen LogP contribution is 2.18. The van der Waals surface area contributed by atoms with E-state index in [1.165, 1.54) is 5.56 Å². The molecule has 0 bridgehead atoms. The number of aryl methyl sites for hydroxylation is 1. The number of ether oxygens (including phenoxy) is 1. The second-order valence-electron chi connectivity index (χ2n) is 4.52. The summed E-state index contributed by atoms with van der Waals surface area (Å²) in [5, 5.41) is 9.41. The third kappa shape index (κ3) is 3.34. The Labute approximate surface area is 108 Å². The molecule has 0 saturated carbocycles. The predicted octanol–water partition coefficient (Wildman–Crippen LogP) is 3.63. The van der Waals surface area contributed by atoms with Crippen LogP contribution in [0.25, 0.3) is 0 Å². The summed E-state index contributed by atoms with van der Waals surface area (Å²) in [7, 11) is 0. The second kappa shape index (κ2) is 5.69. The van der Waals surface area contributed by atoms with Crippen LogP contribution in [0.4, 0.5) is 0 Å². The Balaban J connectivity index is 1.98. The molecule has 0 saturated heterocycles. The average molecular weight is 242 g/mol. The quantitative estimate of drug-likeness (QED) is 0.887. The standard InChI is InChI=1S/C16H18O2/c1-12-4-3-5-14(10-12)11-18-16-8-6-15(7-9-16)13(2)17/h3-10,13,17H,11H2,1-2H3/t13-/m0/s1. The minimum absolute atomic E-state index is 0.434. The van der Waals surface area contributed by atoms with E-state index >= 15 is 0 Å². The van der Waals surface area contributed by atoms with Crippen LogP contribution < -0.4 is 4.74 Å². The van der Waals surface area contributed by atoms with Crippen molar-refractivity contribution in [2.24, 2.45) is 0 Å². The molecule has 2 aromatic carbocycles. The minimum Gasteiger partial charge on any atom is -0.489 e. The van der Waals surface area contributed by atoms with Crippen molar-refractivity contribution < 1.29 is 9.84 Å². The fourth-order valence-corrected chi connectivity index (χ4v) is 1.81. The first-order valence-corrected chi connectivity index (χ1v) is 6.11. The van der Waals surface area contributed by atoms with E-state index in [4.69, 9.17) is 4.74 Å². The average Bonchev–Trinajstić information content (AvgIpc) is 2.37. The van der Waals surface area contributed by atoms with Gasteiger partial charge in [-0.05, 0) is 37.1 Å². The summed E-state index contributed by atoms with van der Waals surface area (Å²) >= 11 is 0. The van der Waals surface area contributed by atoms with Crippen LogP contribution >= 0.6 is 0 Å². The topological polar surface area (TPSA) is 29.5 Å². The molecule has 2 rings (SSSR count). The maximum Gasteiger partial charge on any atom is 0.119 e. The zero-order valence-electron chi connectivity index (χ0n) is 10.8. The van der Waals surface area contributed by atoms with E-state index in [9.17, 15) is 5.11 Å². The van der Waals surface area contributed by atoms with Crippen molar-refractivity contribution in [1.29, 1.82) is 0 Å². The van der Waals surface area contributed by atoms with Gasteiger partial charge in [-0.2, -0.15) is 0 Å². The van der Waals surface area contributed by atoms with Crippen LogP contribution in [0.2, 0.25) is 0 Å². The van der Waals surface area contributed by atoms with Gasteiger partial charge in [0.05, 0.1) is 6.10 Å². The SMILES string of the molecule is Cc1cccc(COc2ccc([C@H](C)O)cc2)c1. The van der Waals surface area contributed by atoms with Gasteiger partial charge in [-0.25, -0.2) is 0 Å². The van der Waals surface area contributed by atoms with Crippen molar-refractivity contribution in [3.63, 3.8) is 0 Å². The minimum atomic E-state index is -0.434. The maximum atomic E-state index is 9.41. The predicted molar refractivity (Wildman–Crippen MR) is 72.6 cm³/mol. The molecule has 0 aliphatic carbocycles. The van der Waals surface area contributed by atoms with Crippen LogP contribution in [0.3, 0.4) is 0 Å². The Morgan fingerprint density at radius 1 is 1.11 bits per heavy atom. The van der Waals surface area contributed by atoms with Gasteiger partial charge in [-0.15, -0.1) is 0 Å². The number of hydrogen-bond acceptors (Lipinski definition) is 2. The van der Waals surface area contributed by atoms with E-state index in [-0.39, 0.29) is 0 Å². The Morgan fingerprint density at radius 2 is 1.83 bits per heavy atom. The Bertz CT molecular complexity index is 501. The lowest BCUT2D eigenvalue weighted by Gasteiger charge is -2.09. The van der Waals surface area contributed by atoms with Gasteiger partial charge in [0.2, 0.25) is 0 Å². The van der Waals surface area contributed by atoms with Gasteiger partial charge in [-0.1, -0.05) is 42.0 Å². The first-order chi connectivity index (χ1) is 8.65. The molecule has 0 heterocycles. The summed E-state index contributed by atoms with van der Waals surface area (Å²) in [6, 6.07) is 15.8. The summed E-state index contributed by atoms with van der Waals surface area (Å²) in [6.07, 6.45) is -0.434. The fourth-order valence-electron chi connectivity index (χ4n) is 1.81. The normalized spacial score (nSPS) is 12.2. The fraction of sp³-hybridized carbons (Fsp3) is 0.250. The van der Waals surface area contributed by atoms with Gasteiger partial charge in [0.15, 0.2) is 0 Å².